The number of aromatic nitrogens is 1. The van der Waals surface area contributed by atoms with Gasteiger partial charge in [-0.1, -0.05) is 28.9 Å². The van der Waals surface area contributed by atoms with Crippen molar-refractivity contribution >= 4 is 33.0 Å². The SMILES string of the molecule is CCc1nc(CNc2cccc(Br)c2)cs1. The molecule has 0 fully saturated rings. The second kappa shape index (κ2) is 5.46. The van der Waals surface area contributed by atoms with Crippen molar-refractivity contribution in [1.29, 1.82) is 0 Å². The van der Waals surface area contributed by atoms with Crippen LogP contribution in [0.3, 0.4) is 0 Å². The van der Waals surface area contributed by atoms with Crippen LogP contribution in [-0.4, -0.2) is 4.98 Å². The second-order valence-corrected chi connectivity index (χ2v) is 5.31. The fourth-order valence-electron chi connectivity index (χ4n) is 1.38. The first-order valence-corrected chi connectivity index (χ1v) is 6.88. The number of hydrogen-bond donors (Lipinski definition) is 1. The van der Waals surface area contributed by atoms with E-state index < -0.39 is 0 Å². The highest BCUT2D eigenvalue weighted by Crippen LogP contribution is 2.17. The lowest BCUT2D eigenvalue weighted by Crippen LogP contribution is -1.99. The molecule has 16 heavy (non-hydrogen) atoms. The van der Waals surface area contributed by atoms with Crippen LogP contribution >= 0.6 is 27.3 Å². The number of thiazole rings is 1. The summed E-state index contributed by atoms with van der Waals surface area (Å²) in [7, 11) is 0. The number of halogens is 1. The number of rotatable bonds is 4. The van der Waals surface area contributed by atoms with E-state index in [2.05, 4.69) is 50.7 Å². The van der Waals surface area contributed by atoms with Crippen molar-refractivity contribution in [3.8, 4) is 0 Å². The van der Waals surface area contributed by atoms with Crippen LogP contribution < -0.4 is 5.32 Å². The monoisotopic (exact) mass is 296 g/mol. The van der Waals surface area contributed by atoms with Crippen molar-refractivity contribution in [3.05, 3.63) is 44.8 Å². The lowest BCUT2D eigenvalue weighted by Gasteiger charge is -2.04. The molecule has 0 bridgehead atoms. The van der Waals surface area contributed by atoms with Crippen LogP contribution in [0.5, 0.6) is 0 Å². The predicted molar refractivity (Wildman–Crippen MR) is 73.0 cm³/mol. The molecule has 0 aliphatic rings. The van der Waals surface area contributed by atoms with Crippen LogP contribution in [0.2, 0.25) is 0 Å². The molecule has 2 rings (SSSR count). The predicted octanol–water partition coefficient (Wildman–Crippen LogP) is 4.08. The van der Waals surface area contributed by atoms with Crippen LogP contribution in [0, 0.1) is 0 Å². The summed E-state index contributed by atoms with van der Waals surface area (Å²) in [4.78, 5) is 4.51. The first-order chi connectivity index (χ1) is 7.78. The maximum Gasteiger partial charge on any atom is 0.0926 e. The highest BCUT2D eigenvalue weighted by molar-refractivity contribution is 9.10. The van der Waals surface area contributed by atoms with Crippen molar-refractivity contribution in [1.82, 2.24) is 4.98 Å². The minimum atomic E-state index is 0.785. The minimum Gasteiger partial charge on any atom is -0.379 e. The van der Waals surface area contributed by atoms with E-state index in [0.29, 0.717) is 0 Å². The molecule has 0 unspecified atom stereocenters. The van der Waals surface area contributed by atoms with Crippen LogP contribution in [-0.2, 0) is 13.0 Å². The summed E-state index contributed by atoms with van der Waals surface area (Å²) in [5, 5.41) is 6.67. The molecular weight excluding hydrogens is 284 g/mol. The Labute approximate surface area is 108 Å². The molecule has 1 N–H and O–H groups in total. The van der Waals surface area contributed by atoms with Gasteiger partial charge in [-0.05, 0) is 24.6 Å². The molecule has 0 atom stereocenters. The molecule has 2 aromatic rings. The van der Waals surface area contributed by atoms with E-state index in [-0.39, 0.29) is 0 Å². The summed E-state index contributed by atoms with van der Waals surface area (Å²) in [5.41, 5.74) is 2.22. The third kappa shape index (κ3) is 3.06. The van der Waals surface area contributed by atoms with E-state index in [1.807, 2.05) is 12.1 Å². The van der Waals surface area contributed by atoms with Gasteiger partial charge in [0.1, 0.15) is 0 Å². The molecule has 1 heterocycles. The number of aryl methyl sites for hydroxylation is 1. The van der Waals surface area contributed by atoms with Gasteiger partial charge in [0, 0.05) is 15.5 Å². The van der Waals surface area contributed by atoms with E-state index in [9.17, 15) is 0 Å². The third-order valence-electron chi connectivity index (χ3n) is 2.20. The molecule has 0 spiro atoms. The number of nitrogens with zero attached hydrogens (tertiary/aromatic N) is 1. The van der Waals surface area contributed by atoms with E-state index in [4.69, 9.17) is 0 Å². The average molecular weight is 297 g/mol. The molecule has 0 saturated carbocycles. The number of hydrogen-bond acceptors (Lipinski definition) is 3. The first-order valence-electron chi connectivity index (χ1n) is 5.20. The van der Waals surface area contributed by atoms with Crippen LogP contribution in [0.4, 0.5) is 5.69 Å². The summed E-state index contributed by atoms with van der Waals surface area (Å²) in [6, 6.07) is 8.15. The molecule has 4 heteroatoms. The van der Waals surface area contributed by atoms with E-state index in [1.165, 1.54) is 5.01 Å². The number of anilines is 1. The topological polar surface area (TPSA) is 24.9 Å². The summed E-state index contributed by atoms with van der Waals surface area (Å²) in [5.74, 6) is 0. The average Bonchev–Trinajstić information content (AvgIpc) is 2.74. The Hall–Kier alpha value is -0.870. The van der Waals surface area contributed by atoms with Crippen molar-refractivity contribution in [2.75, 3.05) is 5.32 Å². The zero-order valence-electron chi connectivity index (χ0n) is 9.03. The van der Waals surface area contributed by atoms with E-state index in [0.717, 1.165) is 28.8 Å². The molecule has 1 aromatic carbocycles. The van der Waals surface area contributed by atoms with Gasteiger partial charge in [0.15, 0.2) is 0 Å². The van der Waals surface area contributed by atoms with Crippen molar-refractivity contribution in [3.63, 3.8) is 0 Å². The first kappa shape index (κ1) is 11.6. The van der Waals surface area contributed by atoms with Crippen molar-refractivity contribution in [2.24, 2.45) is 0 Å². The second-order valence-electron chi connectivity index (χ2n) is 3.45. The number of benzene rings is 1. The largest absolute Gasteiger partial charge is 0.379 e. The molecule has 0 saturated heterocycles. The highest BCUT2D eigenvalue weighted by Gasteiger charge is 2.00. The van der Waals surface area contributed by atoms with Gasteiger partial charge >= 0.3 is 0 Å². The molecule has 1 aromatic heterocycles. The van der Waals surface area contributed by atoms with Gasteiger partial charge < -0.3 is 5.32 Å². The fraction of sp³-hybridized carbons (Fsp3) is 0.250. The summed E-state index contributed by atoms with van der Waals surface area (Å²) < 4.78 is 1.09. The van der Waals surface area contributed by atoms with Crippen LogP contribution in [0.25, 0.3) is 0 Å². The Bertz CT molecular complexity index is 468. The molecule has 0 aliphatic heterocycles. The smallest absolute Gasteiger partial charge is 0.0926 e. The molecule has 84 valence electrons. The maximum absolute atomic E-state index is 4.51. The summed E-state index contributed by atoms with van der Waals surface area (Å²) in [6.45, 7) is 2.91. The van der Waals surface area contributed by atoms with Gasteiger partial charge in [-0.2, -0.15) is 0 Å². The van der Waals surface area contributed by atoms with Crippen molar-refractivity contribution in [2.45, 2.75) is 19.9 Å². The van der Waals surface area contributed by atoms with Gasteiger partial charge in [-0.15, -0.1) is 11.3 Å². The standard InChI is InChI=1S/C12H13BrN2S/c1-2-12-15-11(8-16-12)7-14-10-5-3-4-9(13)6-10/h3-6,8,14H,2,7H2,1H3. The minimum absolute atomic E-state index is 0.785. The van der Waals surface area contributed by atoms with Crippen LogP contribution in [0.1, 0.15) is 17.6 Å². The Morgan fingerprint density at radius 3 is 3.00 bits per heavy atom. The molecular formula is C12H13BrN2S. The Morgan fingerprint density at radius 1 is 1.44 bits per heavy atom. The summed E-state index contributed by atoms with van der Waals surface area (Å²) in [6.07, 6.45) is 1.02. The lowest BCUT2D eigenvalue weighted by molar-refractivity contribution is 1.01. The maximum atomic E-state index is 4.51. The fourth-order valence-corrected chi connectivity index (χ4v) is 2.53. The zero-order chi connectivity index (χ0) is 11.4. The Balaban J connectivity index is 1.96. The van der Waals surface area contributed by atoms with Gasteiger partial charge in [0.25, 0.3) is 0 Å². The van der Waals surface area contributed by atoms with Crippen LogP contribution in [0.15, 0.2) is 34.1 Å². The van der Waals surface area contributed by atoms with Gasteiger partial charge in [-0.25, -0.2) is 4.98 Å². The molecule has 0 aliphatic carbocycles. The summed E-state index contributed by atoms with van der Waals surface area (Å²) >= 11 is 5.18. The molecule has 0 radical (unpaired) electrons. The van der Waals surface area contributed by atoms with Gasteiger partial charge in [0.05, 0.1) is 17.2 Å². The molecule has 0 amide bonds. The van der Waals surface area contributed by atoms with Crippen molar-refractivity contribution < 1.29 is 0 Å². The van der Waals surface area contributed by atoms with E-state index in [1.54, 1.807) is 11.3 Å². The highest BCUT2D eigenvalue weighted by atomic mass is 79.9. The van der Waals surface area contributed by atoms with E-state index >= 15 is 0 Å². The molecule has 2 nitrogen and oxygen atoms in total. The van der Waals surface area contributed by atoms with Gasteiger partial charge in [0.2, 0.25) is 0 Å². The Kier molecular flexibility index (Phi) is 3.96. The quantitative estimate of drug-likeness (QED) is 0.919. The van der Waals surface area contributed by atoms with Gasteiger partial charge in [-0.3, -0.25) is 0 Å². The number of nitrogens with one attached hydrogen (secondary N) is 1. The Morgan fingerprint density at radius 2 is 2.31 bits per heavy atom. The normalized spacial score (nSPS) is 10.4. The zero-order valence-corrected chi connectivity index (χ0v) is 11.4. The lowest BCUT2D eigenvalue weighted by atomic mass is 10.3. The third-order valence-corrected chi connectivity index (χ3v) is 3.74.